The first kappa shape index (κ1) is 15.1. The second-order valence-corrected chi connectivity index (χ2v) is 4.44. The van der Waals surface area contributed by atoms with Gasteiger partial charge in [0.15, 0.2) is 0 Å². The molecule has 0 unspecified atom stereocenters. The molecule has 0 radical (unpaired) electrons. The summed E-state index contributed by atoms with van der Waals surface area (Å²) in [5.41, 5.74) is 0.336. The van der Waals surface area contributed by atoms with Crippen LogP contribution in [0, 0.1) is 0 Å². The van der Waals surface area contributed by atoms with Gasteiger partial charge in [-0.25, -0.2) is 9.59 Å². The number of phenols is 1. The normalized spacial score (nSPS) is 14.7. The Balaban J connectivity index is 2.58. The van der Waals surface area contributed by atoms with Gasteiger partial charge < -0.3 is 24.2 Å². The second-order valence-electron chi connectivity index (χ2n) is 4.44. The molecule has 1 fully saturated rings. The number of nitrogens with zero attached hydrogens (tertiary/aromatic N) is 1. The molecule has 7 nitrogen and oxygen atoms in total. The number of benzene rings is 1. The Hall–Kier alpha value is -2.28. The summed E-state index contributed by atoms with van der Waals surface area (Å²) < 4.78 is 14.7. The molecule has 0 atom stereocenters. The first-order chi connectivity index (χ1) is 10.1. The van der Waals surface area contributed by atoms with Gasteiger partial charge in [0, 0.05) is 13.1 Å². The van der Waals surface area contributed by atoms with Crippen molar-refractivity contribution in [3.63, 3.8) is 0 Å². The second kappa shape index (κ2) is 6.45. The molecule has 1 aliphatic rings. The minimum absolute atomic E-state index is 0.00579. The Morgan fingerprint density at radius 2 is 1.67 bits per heavy atom. The Bertz CT molecular complexity index is 551. The van der Waals surface area contributed by atoms with Gasteiger partial charge in [0.25, 0.3) is 0 Å². The highest BCUT2D eigenvalue weighted by Gasteiger charge is 2.29. The van der Waals surface area contributed by atoms with Gasteiger partial charge in [-0.15, -0.1) is 0 Å². The van der Waals surface area contributed by atoms with Crippen molar-refractivity contribution in [2.45, 2.75) is 0 Å². The number of ether oxygens (including phenoxy) is 3. The third kappa shape index (κ3) is 2.92. The van der Waals surface area contributed by atoms with Crippen molar-refractivity contribution in [2.75, 3.05) is 45.4 Å². The molecule has 0 bridgehead atoms. The predicted molar refractivity (Wildman–Crippen MR) is 73.8 cm³/mol. The average Bonchev–Trinajstić information content (AvgIpc) is 2.53. The molecule has 114 valence electrons. The monoisotopic (exact) mass is 295 g/mol. The van der Waals surface area contributed by atoms with E-state index in [9.17, 15) is 14.7 Å². The van der Waals surface area contributed by atoms with Gasteiger partial charge in [-0.2, -0.15) is 0 Å². The van der Waals surface area contributed by atoms with Crippen LogP contribution in [0.15, 0.2) is 12.1 Å². The van der Waals surface area contributed by atoms with Crippen LogP contribution in [0.25, 0.3) is 0 Å². The van der Waals surface area contributed by atoms with E-state index in [1.807, 2.05) is 4.90 Å². The van der Waals surface area contributed by atoms with Crippen LogP contribution in [0.4, 0.5) is 5.69 Å². The van der Waals surface area contributed by atoms with E-state index in [2.05, 4.69) is 4.74 Å². The molecule has 21 heavy (non-hydrogen) atoms. The minimum Gasteiger partial charge on any atom is -0.507 e. The molecular weight excluding hydrogens is 278 g/mol. The molecule has 1 heterocycles. The molecule has 1 saturated heterocycles. The predicted octanol–water partition coefficient (Wildman–Crippen LogP) is 0.802. The molecule has 0 aromatic heterocycles. The molecule has 0 aliphatic carbocycles. The molecule has 1 aromatic carbocycles. The summed E-state index contributed by atoms with van der Waals surface area (Å²) >= 11 is 0. The summed E-state index contributed by atoms with van der Waals surface area (Å²) in [6.45, 7) is 2.20. The summed E-state index contributed by atoms with van der Waals surface area (Å²) in [5.74, 6) is -1.81. The number of rotatable bonds is 3. The van der Waals surface area contributed by atoms with Crippen LogP contribution in [0.1, 0.15) is 20.7 Å². The van der Waals surface area contributed by atoms with Crippen LogP contribution in [0.2, 0.25) is 0 Å². The zero-order chi connectivity index (χ0) is 15.4. The molecule has 2 rings (SSSR count). The smallest absolute Gasteiger partial charge is 0.342 e. The number of methoxy groups -OCH3 is 2. The van der Waals surface area contributed by atoms with E-state index in [0.29, 0.717) is 32.0 Å². The van der Waals surface area contributed by atoms with Crippen LogP contribution in [-0.2, 0) is 14.2 Å². The fourth-order valence-electron chi connectivity index (χ4n) is 2.27. The first-order valence-electron chi connectivity index (χ1n) is 6.45. The first-order valence-corrected chi connectivity index (χ1v) is 6.45. The number of morpholine rings is 1. The number of hydrogen-bond donors (Lipinski definition) is 1. The van der Waals surface area contributed by atoms with Gasteiger partial charge in [0.2, 0.25) is 0 Å². The standard InChI is InChI=1S/C14H17NO6/c1-19-13(17)11-9(15-5-7-21-8-6-15)3-4-10(16)12(11)14(18)20-2/h3-4,16H,5-8H2,1-2H3. The molecule has 1 aromatic rings. The van der Waals surface area contributed by atoms with Crippen molar-refractivity contribution < 1.29 is 28.9 Å². The van der Waals surface area contributed by atoms with Gasteiger partial charge in [0.05, 0.1) is 33.1 Å². The number of phenolic OH excluding ortho intramolecular Hbond substituents is 1. The molecule has 0 amide bonds. The average molecular weight is 295 g/mol. The maximum absolute atomic E-state index is 12.1. The Kier molecular flexibility index (Phi) is 4.64. The lowest BCUT2D eigenvalue weighted by atomic mass is 10.0. The van der Waals surface area contributed by atoms with Crippen molar-refractivity contribution in [3.05, 3.63) is 23.3 Å². The Morgan fingerprint density at radius 1 is 1.10 bits per heavy atom. The highest BCUT2D eigenvalue weighted by Crippen LogP contribution is 2.32. The number of carbonyl (C=O) groups is 2. The van der Waals surface area contributed by atoms with Gasteiger partial charge in [0.1, 0.15) is 16.9 Å². The van der Waals surface area contributed by atoms with Crippen molar-refractivity contribution in [2.24, 2.45) is 0 Å². The highest BCUT2D eigenvalue weighted by atomic mass is 16.5. The lowest BCUT2D eigenvalue weighted by Crippen LogP contribution is -2.37. The zero-order valence-corrected chi connectivity index (χ0v) is 11.9. The SMILES string of the molecule is COC(=O)c1c(O)ccc(N2CCOCC2)c1C(=O)OC. The van der Waals surface area contributed by atoms with Crippen molar-refractivity contribution in [1.82, 2.24) is 0 Å². The summed E-state index contributed by atoms with van der Waals surface area (Å²) in [5, 5.41) is 9.91. The number of hydrogen-bond acceptors (Lipinski definition) is 7. The summed E-state index contributed by atoms with van der Waals surface area (Å²) in [4.78, 5) is 25.9. The summed E-state index contributed by atoms with van der Waals surface area (Å²) in [6, 6.07) is 2.95. The van der Waals surface area contributed by atoms with Gasteiger partial charge in [-0.1, -0.05) is 0 Å². The topological polar surface area (TPSA) is 85.3 Å². The van der Waals surface area contributed by atoms with Gasteiger partial charge in [-0.3, -0.25) is 0 Å². The van der Waals surface area contributed by atoms with Crippen LogP contribution in [0.5, 0.6) is 5.75 Å². The molecule has 7 heteroatoms. The third-order valence-corrected chi connectivity index (χ3v) is 3.29. The van der Waals surface area contributed by atoms with Crippen molar-refractivity contribution in [1.29, 1.82) is 0 Å². The van der Waals surface area contributed by atoms with E-state index in [1.165, 1.54) is 20.3 Å². The van der Waals surface area contributed by atoms with Crippen LogP contribution >= 0.6 is 0 Å². The molecule has 1 aliphatic heterocycles. The highest BCUT2D eigenvalue weighted by molar-refractivity contribution is 6.09. The zero-order valence-electron chi connectivity index (χ0n) is 11.9. The van der Waals surface area contributed by atoms with Crippen LogP contribution < -0.4 is 4.90 Å². The van der Waals surface area contributed by atoms with E-state index in [1.54, 1.807) is 6.07 Å². The minimum atomic E-state index is -0.789. The third-order valence-electron chi connectivity index (χ3n) is 3.29. The fourth-order valence-corrected chi connectivity index (χ4v) is 2.27. The molecule has 1 N–H and O–H groups in total. The fraction of sp³-hybridized carbons (Fsp3) is 0.429. The lowest BCUT2D eigenvalue weighted by molar-refractivity contribution is 0.0552. The summed E-state index contributed by atoms with van der Waals surface area (Å²) in [7, 11) is 2.40. The van der Waals surface area contributed by atoms with E-state index < -0.39 is 11.9 Å². The lowest BCUT2D eigenvalue weighted by Gasteiger charge is -2.30. The summed E-state index contributed by atoms with van der Waals surface area (Å²) in [6.07, 6.45) is 0. The van der Waals surface area contributed by atoms with Gasteiger partial charge in [-0.05, 0) is 12.1 Å². The van der Waals surface area contributed by atoms with E-state index in [0.717, 1.165) is 0 Å². The largest absolute Gasteiger partial charge is 0.507 e. The Labute approximate surface area is 122 Å². The quantitative estimate of drug-likeness (QED) is 0.825. The van der Waals surface area contributed by atoms with E-state index >= 15 is 0 Å². The molecule has 0 saturated carbocycles. The molecule has 0 spiro atoms. The van der Waals surface area contributed by atoms with Gasteiger partial charge >= 0.3 is 11.9 Å². The van der Waals surface area contributed by atoms with Crippen molar-refractivity contribution >= 4 is 17.6 Å². The van der Waals surface area contributed by atoms with E-state index in [-0.39, 0.29) is 16.9 Å². The number of carbonyl (C=O) groups excluding carboxylic acids is 2. The number of esters is 2. The van der Waals surface area contributed by atoms with Crippen LogP contribution in [-0.4, -0.2) is 57.6 Å². The number of aromatic hydroxyl groups is 1. The number of anilines is 1. The van der Waals surface area contributed by atoms with Crippen LogP contribution in [0.3, 0.4) is 0 Å². The maximum Gasteiger partial charge on any atom is 0.342 e. The van der Waals surface area contributed by atoms with E-state index in [4.69, 9.17) is 9.47 Å². The molecular formula is C14H17NO6. The maximum atomic E-state index is 12.1. The van der Waals surface area contributed by atoms with Crippen molar-refractivity contribution in [3.8, 4) is 5.75 Å². The Morgan fingerprint density at radius 3 is 2.24 bits per heavy atom.